The summed E-state index contributed by atoms with van der Waals surface area (Å²) in [5.74, 6) is 0.181. The van der Waals surface area contributed by atoms with Gasteiger partial charge in [-0.3, -0.25) is 4.79 Å². The third-order valence-corrected chi connectivity index (χ3v) is 7.28. The van der Waals surface area contributed by atoms with E-state index in [0.29, 0.717) is 12.3 Å². The van der Waals surface area contributed by atoms with Gasteiger partial charge in [0, 0.05) is 4.88 Å². The topological polar surface area (TPSA) is 80.7 Å². The number of hydrogen-bond acceptors (Lipinski definition) is 6. The molecule has 30 heavy (non-hydrogen) atoms. The van der Waals surface area contributed by atoms with Crippen molar-refractivity contribution in [3.63, 3.8) is 0 Å². The summed E-state index contributed by atoms with van der Waals surface area (Å²) < 4.78 is 36.4. The number of rotatable bonds is 7. The van der Waals surface area contributed by atoms with Crippen molar-refractivity contribution in [2.45, 2.75) is 30.0 Å². The van der Waals surface area contributed by atoms with Crippen LogP contribution < -0.4 is 0 Å². The summed E-state index contributed by atoms with van der Waals surface area (Å²) in [6.45, 7) is 2.59. The van der Waals surface area contributed by atoms with Crippen LogP contribution in [0.3, 0.4) is 0 Å². The number of benzene rings is 1. The number of thiophene rings is 1. The first-order valence-corrected chi connectivity index (χ1v) is 11.6. The van der Waals surface area contributed by atoms with Crippen LogP contribution >= 0.6 is 11.3 Å². The zero-order valence-corrected chi connectivity index (χ0v) is 17.8. The molecule has 4 rings (SSSR count). The van der Waals surface area contributed by atoms with Gasteiger partial charge in [0.2, 0.25) is 14.9 Å². The van der Waals surface area contributed by atoms with E-state index in [1.807, 2.05) is 18.4 Å². The molecule has 0 aliphatic carbocycles. The van der Waals surface area contributed by atoms with Gasteiger partial charge in [-0.05, 0) is 60.3 Å². The van der Waals surface area contributed by atoms with E-state index < -0.39 is 15.7 Å². The maximum absolute atomic E-state index is 13.2. The molecule has 4 aromatic rings. The Labute approximate surface area is 178 Å². The number of hydrogen-bond donors (Lipinski definition) is 0. The lowest BCUT2D eigenvalue weighted by Crippen LogP contribution is -2.29. The lowest BCUT2D eigenvalue weighted by molar-refractivity contribution is 0.0681. The Kier molecular flexibility index (Phi) is 5.61. The second-order valence-electron chi connectivity index (χ2n) is 6.70. The molecule has 3 heterocycles. The number of aryl methyl sites for hydroxylation is 1. The van der Waals surface area contributed by atoms with Gasteiger partial charge < -0.3 is 13.7 Å². The van der Waals surface area contributed by atoms with Gasteiger partial charge in [-0.1, -0.05) is 18.2 Å². The number of nitrogens with zero attached hydrogens (tertiary/aromatic N) is 1. The molecule has 0 bridgehead atoms. The fourth-order valence-corrected chi connectivity index (χ4v) is 5.10. The molecule has 0 fully saturated rings. The largest absolute Gasteiger partial charge is 0.467 e. The van der Waals surface area contributed by atoms with Crippen molar-refractivity contribution in [1.29, 1.82) is 0 Å². The predicted octanol–water partition coefficient (Wildman–Crippen LogP) is 4.92. The molecule has 0 spiro atoms. The minimum absolute atomic E-state index is 0.0368. The molecular formula is C22H19NO5S2. The normalized spacial score (nSPS) is 11.5. The molecule has 1 amide bonds. The standard InChI is InChI=1S/C22H19NO5S2/c1-16-11-13-29-20(16)15-23(14-17-6-5-12-27-17)22(24)19-9-10-21(28-19)30(25,26)18-7-3-2-4-8-18/h2-13H,14-15H2,1H3. The van der Waals surface area contributed by atoms with E-state index in [2.05, 4.69) is 0 Å². The van der Waals surface area contributed by atoms with E-state index in [0.717, 1.165) is 10.4 Å². The van der Waals surface area contributed by atoms with Crippen molar-refractivity contribution in [2.24, 2.45) is 0 Å². The number of carbonyl (C=O) groups excluding carboxylic acids is 1. The SMILES string of the molecule is Cc1ccsc1CN(Cc1ccco1)C(=O)c1ccc(S(=O)(=O)c2ccccc2)o1. The summed E-state index contributed by atoms with van der Waals surface area (Å²) in [5.41, 5.74) is 1.09. The number of sulfone groups is 1. The Morgan fingerprint density at radius 2 is 1.80 bits per heavy atom. The van der Waals surface area contributed by atoms with Gasteiger partial charge in [-0.2, -0.15) is 0 Å². The predicted molar refractivity (Wildman–Crippen MR) is 112 cm³/mol. The van der Waals surface area contributed by atoms with Crippen LogP contribution in [0.1, 0.15) is 26.8 Å². The van der Waals surface area contributed by atoms with E-state index in [4.69, 9.17) is 8.83 Å². The third kappa shape index (κ3) is 4.10. The van der Waals surface area contributed by atoms with Gasteiger partial charge >= 0.3 is 0 Å². The number of carbonyl (C=O) groups is 1. The zero-order valence-electron chi connectivity index (χ0n) is 16.1. The maximum atomic E-state index is 13.2. The molecule has 0 N–H and O–H groups in total. The monoisotopic (exact) mass is 441 g/mol. The first kappa shape index (κ1) is 20.2. The summed E-state index contributed by atoms with van der Waals surface area (Å²) in [6.07, 6.45) is 1.55. The quantitative estimate of drug-likeness (QED) is 0.407. The van der Waals surface area contributed by atoms with E-state index in [9.17, 15) is 13.2 Å². The Balaban J connectivity index is 1.62. The summed E-state index contributed by atoms with van der Waals surface area (Å²) >= 11 is 1.56. The summed E-state index contributed by atoms with van der Waals surface area (Å²) in [6, 6.07) is 16.2. The van der Waals surface area contributed by atoms with Crippen molar-refractivity contribution in [3.05, 3.63) is 94.3 Å². The van der Waals surface area contributed by atoms with Gasteiger partial charge in [0.25, 0.3) is 5.91 Å². The molecule has 0 aliphatic heterocycles. The first-order valence-electron chi connectivity index (χ1n) is 9.20. The molecule has 3 aromatic heterocycles. The molecular weight excluding hydrogens is 422 g/mol. The number of furan rings is 2. The van der Waals surface area contributed by atoms with Crippen molar-refractivity contribution < 1.29 is 22.0 Å². The zero-order chi connectivity index (χ0) is 21.1. The Morgan fingerprint density at radius 3 is 2.47 bits per heavy atom. The van der Waals surface area contributed by atoms with Gasteiger partial charge in [-0.25, -0.2) is 8.42 Å². The summed E-state index contributed by atoms with van der Waals surface area (Å²) in [5, 5.41) is 1.71. The van der Waals surface area contributed by atoms with Crippen LogP contribution in [-0.4, -0.2) is 19.2 Å². The third-order valence-electron chi connectivity index (χ3n) is 4.63. The van der Waals surface area contributed by atoms with E-state index in [1.54, 1.807) is 52.8 Å². The van der Waals surface area contributed by atoms with Gasteiger partial charge in [0.1, 0.15) is 5.76 Å². The van der Waals surface area contributed by atoms with E-state index in [-0.39, 0.29) is 22.3 Å². The molecule has 0 atom stereocenters. The molecule has 0 saturated carbocycles. The molecule has 0 unspecified atom stereocenters. The highest BCUT2D eigenvalue weighted by Crippen LogP contribution is 2.25. The van der Waals surface area contributed by atoms with Crippen molar-refractivity contribution in [3.8, 4) is 0 Å². The van der Waals surface area contributed by atoms with Crippen LogP contribution in [0.5, 0.6) is 0 Å². The van der Waals surface area contributed by atoms with Crippen LogP contribution in [0, 0.1) is 6.92 Å². The summed E-state index contributed by atoms with van der Waals surface area (Å²) in [4.78, 5) is 15.9. The molecule has 0 saturated heterocycles. The Bertz CT molecular complexity index is 1240. The second-order valence-corrected chi connectivity index (χ2v) is 9.58. The molecule has 1 aromatic carbocycles. The molecule has 154 valence electrons. The van der Waals surface area contributed by atoms with Crippen LogP contribution in [0.25, 0.3) is 0 Å². The van der Waals surface area contributed by atoms with Gasteiger partial charge in [0.15, 0.2) is 5.76 Å². The van der Waals surface area contributed by atoms with Crippen molar-refractivity contribution >= 4 is 27.1 Å². The highest BCUT2D eigenvalue weighted by Gasteiger charge is 2.26. The molecule has 6 nitrogen and oxygen atoms in total. The molecule has 0 aliphatic rings. The van der Waals surface area contributed by atoms with E-state index >= 15 is 0 Å². The molecule has 8 heteroatoms. The average Bonchev–Trinajstić information content (AvgIpc) is 3.51. The average molecular weight is 442 g/mol. The lowest BCUT2D eigenvalue weighted by Gasteiger charge is -2.20. The second kappa shape index (κ2) is 8.33. The summed E-state index contributed by atoms with van der Waals surface area (Å²) in [7, 11) is -3.84. The lowest BCUT2D eigenvalue weighted by atomic mass is 10.2. The van der Waals surface area contributed by atoms with Crippen molar-refractivity contribution in [1.82, 2.24) is 4.90 Å². The Hall–Kier alpha value is -3.10. The van der Waals surface area contributed by atoms with E-state index in [1.165, 1.54) is 24.3 Å². The smallest absolute Gasteiger partial charge is 0.290 e. The molecule has 0 radical (unpaired) electrons. The number of amides is 1. The minimum Gasteiger partial charge on any atom is -0.467 e. The fourth-order valence-electron chi connectivity index (χ4n) is 2.98. The van der Waals surface area contributed by atoms with Gasteiger partial charge in [0.05, 0.1) is 24.2 Å². The maximum Gasteiger partial charge on any atom is 0.290 e. The first-order chi connectivity index (χ1) is 14.4. The van der Waals surface area contributed by atoms with Crippen LogP contribution in [0.2, 0.25) is 0 Å². The minimum atomic E-state index is -3.84. The Morgan fingerprint density at radius 1 is 1.00 bits per heavy atom. The highest BCUT2D eigenvalue weighted by molar-refractivity contribution is 7.91. The highest BCUT2D eigenvalue weighted by atomic mass is 32.2. The van der Waals surface area contributed by atoms with Gasteiger partial charge in [-0.15, -0.1) is 11.3 Å². The fraction of sp³-hybridized carbons (Fsp3) is 0.136. The van der Waals surface area contributed by atoms with Crippen LogP contribution in [-0.2, 0) is 22.9 Å². The van der Waals surface area contributed by atoms with Crippen LogP contribution in [0.4, 0.5) is 0 Å². The van der Waals surface area contributed by atoms with Crippen molar-refractivity contribution in [2.75, 3.05) is 0 Å². The van der Waals surface area contributed by atoms with Crippen LogP contribution in [0.15, 0.2) is 91.1 Å².